The fraction of sp³-hybridized carbons (Fsp3) is 0.200. The molecule has 0 bridgehead atoms. The van der Waals surface area contributed by atoms with E-state index in [-0.39, 0.29) is 11.7 Å². The number of hydrogen-bond donors (Lipinski definition) is 3. The first kappa shape index (κ1) is 12.5. The molecular formula is C15H15N3O2. The first-order valence-corrected chi connectivity index (χ1v) is 6.55. The van der Waals surface area contributed by atoms with Gasteiger partial charge >= 0.3 is 0 Å². The maximum absolute atomic E-state index is 12.3. The van der Waals surface area contributed by atoms with Crippen molar-refractivity contribution in [3.8, 4) is 0 Å². The molecule has 5 heteroatoms. The molecule has 5 nitrogen and oxygen atoms in total. The minimum absolute atomic E-state index is 0.0370. The minimum Gasteiger partial charge on any atom is -0.399 e. The number of nitrogen functional groups attached to an aromatic ring is 1. The van der Waals surface area contributed by atoms with Gasteiger partial charge in [0.15, 0.2) is 5.78 Å². The molecule has 1 amide bonds. The summed E-state index contributed by atoms with van der Waals surface area (Å²) in [7, 11) is 0. The van der Waals surface area contributed by atoms with Gasteiger partial charge in [-0.25, -0.2) is 0 Å². The second-order valence-electron chi connectivity index (χ2n) is 4.91. The van der Waals surface area contributed by atoms with Crippen molar-refractivity contribution >= 4 is 23.1 Å². The van der Waals surface area contributed by atoms with E-state index in [0.29, 0.717) is 28.9 Å². The molecule has 102 valence electrons. The number of aryl methyl sites for hydroxylation is 1. The Balaban J connectivity index is 1.86. The number of rotatable bonds is 2. The van der Waals surface area contributed by atoms with Gasteiger partial charge in [-0.3, -0.25) is 9.59 Å². The number of fused-ring (bicyclic) bond motifs is 1. The van der Waals surface area contributed by atoms with Crippen LogP contribution in [-0.2, 0) is 6.42 Å². The smallest absolute Gasteiger partial charge is 0.257 e. The molecule has 0 saturated heterocycles. The number of anilines is 2. The van der Waals surface area contributed by atoms with Crippen molar-refractivity contribution in [2.45, 2.75) is 19.3 Å². The number of nitrogens with two attached hydrogens (primary N) is 1. The number of hydrogen-bond acceptors (Lipinski definition) is 3. The number of aromatic amines is 1. The SMILES string of the molecule is Nc1ccc(NC(=O)c2c[nH]c3c2C(=O)CCC3)cc1. The second-order valence-corrected chi connectivity index (χ2v) is 4.91. The van der Waals surface area contributed by atoms with Crippen LogP contribution in [0, 0.1) is 0 Å². The van der Waals surface area contributed by atoms with Gasteiger partial charge in [0, 0.05) is 29.7 Å². The van der Waals surface area contributed by atoms with Crippen LogP contribution in [0.1, 0.15) is 39.3 Å². The fourth-order valence-electron chi connectivity index (χ4n) is 2.48. The van der Waals surface area contributed by atoms with E-state index in [1.54, 1.807) is 30.5 Å². The van der Waals surface area contributed by atoms with E-state index < -0.39 is 0 Å². The average molecular weight is 269 g/mol. The molecule has 0 fully saturated rings. The van der Waals surface area contributed by atoms with E-state index in [1.807, 2.05) is 0 Å². The number of carbonyl (C=O) groups is 2. The van der Waals surface area contributed by atoms with Crippen LogP contribution in [0.5, 0.6) is 0 Å². The van der Waals surface area contributed by atoms with Crippen molar-refractivity contribution < 1.29 is 9.59 Å². The quantitative estimate of drug-likeness (QED) is 0.731. The summed E-state index contributed by atoms with van der Waals surface area (Å²) in [5.41, 5.74) is 8.72. The summed E-state index contributed by atoms with van der Waals surface area (Å²) in [6.45, 7) is 0. The van der Waals surface area contributed by atoms with Gasteiger partial charge in [0.2, 0.25) is 0 Å². The second kappa shape index (κ2) is 4.85. The Hall–Kier alpha value is -2.56. The molecule has 0 spiro atoms. The molecule has 1 aromatic heterocycles. The first-order chi connectivity index (χ1) is 9.65. The van der Waals surface area contributed by atoms with Crippen LogP contribution >= 0.6 is 0 Å². The van der Waals surface area contributed by atoms with E-state index in [2.05, 4.69) is 10.3 Å². The lowest BCUT2D eigenvalue weighted by Gasteiger charge is -2.11. The lowest BCUT2D eigenvalue weighted by atomic mass is 9.93. The monoisotopic (exact) mass is 269 g/mol. The number of Topliss-reactive ketones (excluding diaryl/α,β-unsaturated/α-hetero) is 1. The average Bonchev–Trinajstić information content (AvgIpc) is 2.87. The molecule has 0 unspecified atom stereocenters. The molecule has 1 aliphatic rings. The molecule has 0 saturated carbocycles. The summed E-state index contributed by atoms with van der Waals surface area (Å²) >= 11 is 0. The van der Waals surface area contributed by atoms with Crippen molar-refractivity contribution in [2.24, 2.45) is 0 Å². The standard InChI is InChI=1S/C15H15N3O2/c16-9-4-6-10(7-5-9)18-15(20)11-8-17-12-2-1-3-13(19)14(11)12/h4-8,17H,1-3,16H2,(H,18,20). The number of amides is 1. The Kier molecular flexibility index (Phi) is 3.02. The van der Waals surface area contributed by atoms with Crippen LogP contribution in [0.3, 0.4) is 0 Å². The number of carbonyl (C=O) groups excluding carboxylic acids is 2. The molecule has 2 aromatic rings. The zero-order valence-electron chi connectivity index (χ0n) is 10.9. The molecule has 1 aromatic carbocycles. The van der Waals surface area contributed by atoms with Crippen molar-refractivity contribution in [3.05, 3.63) is 47.3 Å². The molecule has 3 rings (SSSR count). The summed E-state index contributed by atoms with van der Waals surface area (Å²) in [6.07, 6.45) is 3.77. The Morgan fingerprint density at radius 2 is 1.95 bits per heavy atom. The van der Waals surface area contributed by atoms with Crippen molar-refractivity contribution in [2.75, 3.05) is 11.1 Å². The van der Waals surface area contributed by atoms with Gasteiger partial charge in [0.1, 0.15) is 0 Å². The third-order valence-corrected chi connectivity index (χ3v) is 3.48. The maximum atomic E-state index is 12.3. The van der Waals surface area contributed by atoms with Crippen LogP contribution in [0.4, 0.5) is 11.4 Å². The number of aromatic nitrogens is 1. The number of H-pyrrole nitrogens is 1. The molecule has 20 heavy (non-hydrogen) atoms. The summed E-state index contributed by atoms with van der Waals surface area (Å²) < 4.78 is 0. The Bertz CT molecular complexity index is 671. The molecule has 1 aliphatic carbocycles. The third-order valence-electron chi connectivity index (χ3n) is 3.48. The lowest BCUT2D eigenvalue weighted by Crippen LogP contribution is -2.17. The van der Waals surface area contributed by atoms with E-state index in [1.165, 1.54) is 0 Å². The normalized spacial score (nSPS) is 13.9. The highest BCUT2D eigenvalue weighted by Gasteiger charge is 2.25. The zero-order valence-corrected chi connectivity index (χ0v) is 10.9. The zero-order chi connectivity index (χ0) is 14.1. The van der Waals surface area contributed by atoms with Crippen LogP contribution < -0.4 is 11.1 Å². The minimum atomic E-state index is -0.275. The largest absolute Gasteiger partial charge is 0.399 e. The predicted octanol–water partition coefficient (Wildman–Crippen LogP) is 2.37. The van der Waals surface area contributed by atoms with Crippen molar-refractivity contribution in [1.29, 1.82) is 0 Å². The Morgan fingerprint density at radius 3 is 2.70 bits per heavy atom. The lowest BCUT2D eigenvalue weighted by molar-refractivity contribution is 0.0956. The number of ketones is 1. The highest BCUT2D eigenvalue weighted by molar-refractivity contribution is 6.13. The van der Waals surface area contributed by atoms with E-state index >= 15 is 0 Å². The van der Waals surface area contributed by atoms with Gasteiger partial charge in [-0.05, 0) is 37.1 Å². The van der Waals surface area contributed by atoms with Gasteiger partial charge in [-0.15, -0.1) is 0 Å². The Labute approximate surface area is 116 Å². The topological polar surface area (TPSA) is 88.0 Å². The molecule has 0 aliphatic heterocycles. The van der Waals surface area contributed by atoms with E-state index in [9.17, 15) is 9.59 Å². The molecular weight excluding hydrogens is 254 g/mol. The van der Waals surface area contributed by atoms with Gasteiger partial charge in [-0.1, -0.05) is 0 Å². The van der Waals surface area contributed by atoms with Crippen LogP contribution in [0.15, 0.2) is 30.5 Å². The number of benzene rings is 1. The Morgan fingerprint density at radius 1 is 1.20 bits per heavy atom. The summed E-state index contributed by atoms with van der Waals surface area (Å²) in [6, 6.07) is 6.89. The fourth-order valence-corrected chi connectivity index (χ4v) is 2.48. The summed E-state index contributed by atoms with van der Waals surface area (Å²) in [5, 5.41) is 2.78. The van der Waals surface area contributed by atoms with Gasteiger partial charge in [0.05, 0.1) is 11.1 Å². The summed E-state index contributed by atoms with van der Waals surface area (Å²) in [4.78, 5) is 27.2. The number of nitrogens with one attached hydrogen (secondary N) is 2. The van der Waals surface area contributed by atoms with Gasteiger partial charge in [0.25, 0.3) is 5.91 Å². The van der Waals surface area contributed by atoms with Crippen molar-refractivity contribution in [3.63, 3.8) is 0 Å². The van der Waals surface area contributed by atoms with Gasteiger partial charge < -0.3 is 16.0 Å². The van der Waals surface area contributed by atoms with Crippen LogP contribution in [-0.4, -0.2) is 16.7 Å². The van der Waals surface area contributed by atoms with Crippen molar-refractivity contribution in [1.82, 2.24) is 4.98 Å². The van der Waals surface area contributed by atoms with E-state index in [0.717, 1.165) is 18.5 Å². The highest BCUT2D eigenvalue weighted by Crippen LogP contribution is 2.24. The molecule has 0 radical (unpaired) electrons. The van der Waals surface area contributed by atoms with Gasteiger partial charge in [-0.2, -0.15) is 0 Å². The molecule has 4 N–H and O–H groups in total. The highest BCUT2D eigenvalue weighted by atomic mass is 16.2. The maximum Gasteiger partial charge on any atom is 0.257 e. The van der Waals surface area contributed by atoms with E-state index in [4.69, 9.17) is 5.73 Å². The third kappa shape index (κ3) is 2.18. The first-order valence-electron chi connectivity index (χ1n) is 6.55. The molecule has 0 atom stereocenters. The predicted molar refractivity (Wildman–Crippen MR) is 76.9 cm³/mol. The molecule has 1 heterocycles. The van der Waals surface area contributed by atoms with Crippen LogP contribution in [0.2, 0.25) is 0 Å². The van der Waals surface area contributed by atoms with Crippen LogP contribution in [0.25, 0.3) is 0 Å². The summed E-state index contributed by atoms with van der Waals surface area (Å²) in [5.74, 6) is -0.238.